The van der Waals surface area contributed by atoms with Crippen molar-refractivity contribution in [1.29, 1.82) is 0 Å². The van der Waals surface area contributed by atoms with Crippen LogP contribution in [0.4, 0.5) is 0 Å². The van der Waals surface area contributed by atoms with E-state index in [-0.39, 0.29) is 22.5 Å². The number of benzene rings is 2. The molecule has 2 unspecified atom stereocenters. The molecular weight excluding hydrogens is 447 g/mol. The summed E-state index contributed by atoms with van der Waals surface area (Å²) in [7, 11) is 0. The van der Waals surface area contributed by atoms with Gasteiger partial charge in [-0.25, -0.2) is 0 Å². The van der Waals surface area contributed by atoms with E-state index in [1.165, 1.54) is 5.56 Å². The lowest BCUT2D eigenvalue weighted by Crippen LogP contribution is -2.46. The smallest absolute Gasteiger partial charge is 0.253 e. The fourth-order valence-electron chi connectivity index (χ4n) is 3.98. The molecule has 2 atom stereocenters. The molecule has 1 aromatic heterocycles. The Balaban J connectivity index is 1.42. The van der Waals surface area contributed by atoms with Gasteiger partial charge >= 0.3 is 0 Å². The van der Waals surface area contributed by atoms with Crippen LogP contribution in [0.5, 0.6) is 0 Å². The normalized spacial score (nSPS) is 16.2. The summed E-state index contributed by atoms with van der Waals surface area (Å²) in [4.78, 5) is 25.4. The van der Waals surface area contributed by atoms with E-state index in [1.807, 2.05) is 29.1 Å². The van der Waals surface area contributed by atoms with Crippen LogP contribution in [-0.4, -0.2) is 27.6 Å². The van der Waals surface area contributed by atoms with Crippen LogP contribution in [0, 0.1) is 0 Å². The summed E-state index contributed by atoms with van der Waals surface area (Å²) < 4.78 is 2.01. The summed E-state index contributed by atoms with van der Waals surface area (Å²) in [5, 5.41) is 10.8. The average molecular weight is 471 g/mol. The first-order valence-electron chi connectivity index (χ1n) is 10.6. The molecule has 0 saturated carbocycles. The Morgan fingerprint density at radius 2 is 1.94 bits per heavy atom. The molecule has 0 aliphatic heterocycles. The van der Waals surface area contributed by atoms with Gasteiger partial charge in [-0.15, -0.1) is 0 Å². The predicted molar refractivity (Wildman–Crippen MR) is 125 cm³/mol. The summed E-state index contributed by atoms with van der Waals surface area (Å²) >= 11 is 12.1. The van der Waals surface area contributed by atoms with Crippen LogP contribution < -0.4 is 10.6 Å². The summed E-state index contributed by atoms with van der Waals surface area (Å²) in [5.41, 5.74) is 3.60. The fraction of sp³-hybridized carbons (Fsp3) is 0.292. The Labute approximate surface area is 196 Å². The highest BCUT2D eigenvalue weighted by atomic mass is 35.5. The van der Waals surface area contributed by atoms with Crippen molar-refractivity contribution in [2.75, 3.05) is 0 Å². The monoisotopic (exact) mass is 470 g/mol. The van der Waals surface area contributed by atoms with E-state index in [9.17, 15) is 9.59 Å². The number of hydrogen-bond donors (Lipinski definition) is 2. The molecule has 0 spiro atoms. The number of halogens is 2. The molecule has 3 aromatic rings. The van der Waals surface area contributed by atoms with Crippen LogP contribution in [0.2, 0.25) is 10.0 Å². The van der Waals surface area contributed by atoms with Gasteiger partial charge < -0.3 is 10.6 Å². The van der Waals surface area contributed by atoms with Crippen molar-refractivity contribution in [1.82, 2.24) is 20.4 Å². The lowest BCUT2D eigenvalue weighted by atomic mass is 9.92. The minimum absolute atomic E-state index is 0.134. The molecule has 166 valence electrons. The Morgan fingerprint density at radius 1 is 1.16 bits per heavy atom. The van der Waals surface area contributed by atoms with E-state index in [0.29, 0.717) is 11.6 Å². The van der Waals surface area contributed by atoms with Gasteiger partial charge in [-0.3, -0.25) is 14.3 Å². The van der Waals surface area contributed by atoms with Crippen LogP contribution in [0.25, 0.3) is 0 Å². The first kappa shape index (κ1) is 22.4. The number of aromatic nitrogens is 2. The molecule has 0 saturated heterocycles. The molecule has 0 radical (unpaired) electrons. The van der Waals surface area contributed by atoms with Crippen molar-refractivity contribution in [3.63, 3.8) is 0 Å². The van der Waals surface area contributed by atoms with E-state index in [4.69, 9.17) is 23.2 Å². The maximum absolute atomic E-state index is 12.8. The lowest BCUT2D eigenvalue weighted by molar-refractivity contribution is -0.123. The quantitative estimate of drug-likeness (QED) is 0.554. The standard InChI is InChI=1S/C24H24Cl2N4O2/c1-15(28-24(32)17-9-5-10-19(25)22(17)26)23(31)29-20-11-6-12-21-18(20)13-27-30(21)14-16-7-3-2-4-8-16/h2-5,7-10,13,15,20H,6,11-12,14H2,1H3,(H,28,32)(H,29,31). The highest BCUT2D eigenvalue weighted by molar-refractivity contribution is 6.43. The van der Waals surface area contributed by atoms with Crippen molar-refractivity contribution in [2.45, 2.75) is 44.8 Å². The number of amides is 2. The maximum atomic E-state index is 12.8. The molecule has 2 amide bonds. The largest absolute Gasteiger partial charge is 0.347 e. The summed E-state index contributed by atoms with van der Waals surface area (Å²) in [6.07, 6.45) is 4.55. The molecule has 1 aliphatic carbocycles. The first-order chi connectivity index (χ1) is 15.4. The molecule has 4 rings (SSSR count). The van der Waals surface area contributed by atoms with E-state index >= 15 is 0 Å². The van der Waals surface area contributed by atoms with Crippen LogP contribution in [-0.2, 0) is 17.8 Å². The van der Waals surface area contributed by atoms with Crippen molar-refractivity contribution in [3.8, 4) is 0 Å². The van der Waals surface area contributed by atoms with Crippen molar-refractivity contribution in [2.24, 2.45) is 0 Å². The number of carbonyl (C=O) groups is 2. The van der Waals surface area contributed by atoms with Crippen molar-refractivity contribution < 1.29 is 9.59 Å². The van der Waals surface area contributed by atoms with Crippen LogP contribution in [0.3, 0.4) is 0 Å². The van der Waals surface area contributed by atoms with E-state index in [1.54, 1.807) is 25.1 Å². The average Bonchev–Trinajstić information content (AvgIpc) is 3.20. The number of rotatable bonds is 6. The summed E-state index contributed by atoms with van der Waals surface area (Å²) in [6.45, 7) is 2.35. The zero-order valence-electron chi connectivity index (χ0n) is 17.6. The third kappa shape index (κ3) is 4.81. The second-order valence-electron chi connectivity index (χ2n) is 7.94. The molecular formula is C24H24Cl2N4O2. The molecule has 6 nitrogen and oxygen atoms in total. The molecule has 2 aromatic carbocycles. The lowest BCUT2D eigenvalue weighted by Gasteiger charge is -2.26. The third-order valence-corrected chi connectivity index (χ3v) is 6.51. The van der Waals surface area contributed by atoms with Crippen LogP contribution >= 0.6 is 23.2 Å². The second kappa shape index (κ2) is 9.76. The minimum Gasteiger partial charge on any atom is -0.347 e. The minimum atomic E-state index is -0.734. The topological polar surface area (TPSA) is 76.0 Å². The number of fused-ring (bicyclic) bond motifs is 1. The second-order valence-corrected chi connectivity index (χ2v) is 8.72. The third-order valence-electron chi connectivity index (χ3n) is 5.69. The predicted octanol–water partition coefficient (Wildman–Crippen LogP) is 4.55. The SMILES string of the molecule is CC(NC(=O)c1cccc(Cl)c1Cl)C(=O)NC1CCCc2c1cnn2Cc1ccccc1. The van der Waals surface area contributed by atoms with Crippen LogP contribution in [0.1, 0.15) is 53.0 Å². The molecule has 1 aliphatic rings. The highest BCUT2D eigenvalue weighted by Crippen LogP contribution is 2.30. The highest BCUT2D eigenvalue weighted by Gasteiger charge is 2.28. The van der Waals surface area contributed by atoms with Crippen molar-refractivity contribution in [3.05, 3.63) is 87.2 Å². The van der Waals surface area contributed by atoms with Gasteiger partial charge in [0, 0.05) is 11.3 Å². The maximum Gasteiger partial charge on any atom is 0.253 e. The van der Waals surface area contributed by atoms with Gasteiger partial charge in [0.2, 0.25) is 5.91 Å². The number of nitrogens with zero attached hydrogens (tertiary/aromatic N) is 2. The van der Waals surface area contributed by atoms with Crippen LogP contribution in [0.15, 0.2) is 54.7 Å². The van der Waals surface area contributed by atoms with Gasteiger partial charge in [0.05, 0.1) is 34.4 Å². The Hall–Kier alpha value is -2.83. The van der Waals surface area contributed by atoms with Gasteiger partial charge in [0.1, 0.15) is 6.04 Å². The summed E-state index contributed by atoms with van der Waals surface area (Å²) in [5.74, 6) is -0.703. The number of hydrogen-bond acceptors (Lipinski definition) is 3. The molecule has 2 N–H and O–H groups in total. The van der Waals surface area contributed by atoms with Gasteiger partial charge in [-0.05, 0) is 43.9 Å². The Bertz CT molecular complexity index is 1130. The fourth-order valence-corrected chi connectivity index (χ4v) is 4.36. The van der Waals surface area contributed by atoms with Gasteiger partial charge in [-0.1, -0.05) is 59.6 Å². The molecule has 0 fully saturated rings. The Kier molecular flexibility index (Phi) is 6.82. The van der Waals surface area contributed by atoms with Crippen molar-refractivity contribution >= 4 is 35.0 Å². The van der Waals surface area contributed by atoms with E-state index < -0.39 is 11.9 Å². The molecule has 32 heavy (non-hydrogen) atoms. The first-order valence-corrected chi connectivity index (χ1v) is 11.3. The Morgan fingerprint density at radius 3 is 2.72 bits per heavy atom. The van der Waals surface area contributed by atoms with E-state index in [2.05, 4.69) is 27.9 Å². The van der Waals surface area contributed by atoms with Gasteiger partial charge in [-0.2, -0.15) is 5.10 Å². The molecule has 8 heteroatoms. The van der Waals surface area contributed by atoms with Gasteiger partial charge in [0.25, 0.3) is 5.91 Å². The zero-order chi connectivity index (χ0) is 22.7. The zero-order valence-corrected chi connectivity index (χ0v) is 19.2. The molecule has 0 bridgehead atoms. The molecule has 1 heterocycles. The summed E-state index contributed by atoms with van der Waals surface area (Å²) in [6, 6.07) is 14.1. The number of carbonyl (C=O) groups excluding carboxylic acids is 2. The van der Waals surface area contributed by atoms with E-state index in [0.717, 1.165) is 30.5 Å². The van der Waals surface area contributed by atoms with Gasteiger partial charge in [0.15, 0.2) is 0 Å². The number of nitrogens with one attached hydrogen (secondary N) is 2.